The fourth-order valence-electron chi connectivity index (χ4n) is 3.05. The first-order chi connectivity index (χ1) is 11.3. The molecule has 1 saturated heterocycles. The van der Waals surface area contributed by atoms with Crippen molar-refractivity contribution in [2.24, 2.45) is 0 Å². The molecule has 1 aromatic heterocycles. The highest BCUT2D eigenvalue weighted by atomic mass is 32.2. The number of rotatable bonds is 7. The van der Waals surface area contributed by atoms with Gasteiger partial charge in [0.15, 0.2) is 4.34 Å². The molecule has 0 radical (unpaired) electrons. The largest absolute Gasteiger partial charge is 0.391 e. The Kier molecular flexibility index (Phi) is 6.94. The van der Waals surface area contributed by atoms with Crippen molar-refractivity contribution < 1.29 is 9.84 Å². The van der Waals surface area contributed by atoms with Crippen LogP contribution in [-0.4, -0.2) is 71.0 Å². The summed E-state index contributed by atoms with van der Waals surface area (Å²) < 4.78 is 6.26. The summed E-state index contributed by atoms with van der Waals surface area (Å²) >= 11 is 3.20. The molecule has 23 heavy (non-hydrogen) atoms. The number of aromatic nitrogens is 2. The van der Waals surface area contributed by atoms with E-state index in [-0.39, 0.29) is 6.10 Å². The van der Waals surface area contributed by atoms with E-state index in [0.717, 1.165) is 35.8 Å². The summed E-state index contributed by atoms with van der Waals surface area (Å²) in [7, 11) is 0. The molecular formula is C15H26N4O2S2. The van der Waals surface area contributed by atoms with Gasteiger partial charge in [-0.05, 0) is 12.8 Å². The Balaban J connectivity index is 1.38. The molecule has 130 valence electrons. The van der Waals surface area contributed by atoms with E-state index in [0.29, 0.717) is 18.3 Å². The van der Waals surface area contributed by atoms with Crippen LogP contribution in [0.5, 0.6) is 0 Å². The predicted molar refractivity (Wildman–Crippen MR) is 94.4 cm³/mol. The van der Waals surface area contributed by atoms with Crippen LogP contribution in [0.1, 0.15) is 32.1 Å². The summed E-state index contributed by atoms with van der Waals surface area (Å²) in [5.74, 6) is 0.662. The van der Waals surface area contributed by atoms with Crippen molar-refractivity contribution in [1.82, 2.24) is 15.1 Å². The predicted octanol–water partition coefficient (Wildman–Crippen LogP) is 2.07. The number of nitrogens with zero attached hydrogens (tertiary/aromatic N) is 3. The zero-order valence-electron chi connectivity index (χ0n) is 13.4. The number of anilines is 1. The summed E-state index contributed by atoms with van der Waals surface area (Å²) in [4.78, 5) is 2.25. The molecule has 2 N–H and O–H groups in total. The number of nitrogens with one attached hydrogen (secondary N) is 1. The van der Waals surface area contributed by atoms with Crippen molar-refractivity contribution in [1.29, 1.82) is 0 Å². The number of β-amino-alcohol motifs (C(OH)–C–C–N with tert-alkyl or cyclic N) is 1. The Hall–Kier alpha value is -0.410. The molecule has 0 bridgehead atoms. The maximum absolute atomic E-state index is 10.2. The molecule has 0 aromatic carbocycles. The Labute approximate surface area is 146 Å². The van der Waals surface area contributed by atoms with Crippen LogP contribution < -0.4 is 5.32 Å². The van der Waals surface area contributed by atoms with Crippen LogP contribution in [0.2, 0.25) is 0 Å². The summed E-state index contributed by atoms with van der Waals surface area (Å²) in [6.07, 6.45) is 6.12. The molecule has 1 atom stereocenters. The Bertz CT molecular complexity index is 462. The number of thioether (sulfide) groups is 1. The summed E-state index contributed by atoms with van der Waals surface area (Å²) in [5, 5.41) is 23.0. The molecule has 0 spiro atoms. The van der Waals surface area contributed by atoms with Crippen molar-refractivity contribution in [2.75, 3.05) is 43.9 Å². The minimum atomic E-state index is -0.336. The van der Waals surface area contributed by atoms with Gasteiger partial charge in [0.2, 0.25) is 5.13 Å². The normalized spacial score (nSPS) is 22.1. The SMILES string of the molecule is OC(CSc1nnc(NC2CCCCC2)s1)CN1CCOCC1. The third kappa shape index (κ3) is 5.86. The molecule has 3 rings (SSSR count). The monoisotopic (exact) mass is 358 g/mol. The molecule has 2 aliphatic rings. The van der Waals surface area contributed by atoms with Crippen molar-refractivity contribution in [2.45, 2.75) is 48.6 Å². The molecule has 2 heterocycles. The van der Waals surface area contributed by atoms with Gasteiger partial charge in [-0.3, -0.25) is 4.90 Å². The van der Waals surface area contributed by atoms with Crippen LogP contribution in [0, 0.1) is 0 Å². The van der Waals surface area contributed by atoms with Gasteiger partial charge >= 0.3 is 0 Å². The molecule has 1 aliphatic carbocycles. The van der Waals surface area contributed by atoms with Crippen molar-refractivity contribution in [3.8, 4) is 0 Å². The Morgan fingerprint density at radius 3 is 2.83 bits per heavy atom. The fourth-order valence-corrected chi connectivity index (χ4v) is 4.82. The van der Waals surface area contributed by atoms with Crippen molar-refractivity contribution in [3.05, 3.63) is 0 Å². The minimum Gasteiger partial charge on any atom is -0.391 e. The number of aliphatic hydroxyl groups excluding tert-OH is 1. The number of morpholine rings is 1. The second-order valence-corrected chi connectivity index (χ2v) is 8.47. The second-order valence-electron chi connectivity index (χ2n) is 6.23. The first-order valence-electron chi connectivity index (χ1n) is 8.50. The van der Waals surface area contributed by atoms with Gasteiger partial charge in [0.25, 0.3) is 0 Å². The van der Waals surface area contributed by atoms with E-state index >= 15 is 0 Å². The van der Waals surface area contributed by atoms with E-state index in [1.165, 1.54) is 32.1 Å². The van der Waals surface area contributed by atoms with Gasteiger partial charge in [0.1, 0.15) is 0 Å². The van der Waals surface area contributed by atoms with Crippen LogP contribution in [0.25, 0.3) is 0 Å². The van der Waals surface area contributed by atoms with E-state index in [1.54, 1.807) is 23.1 Å². The molecular weight excluding hydrogens is 332 g/mol. The Morgan fingerprint density at radius 2 is 2.04 bits per heavy atom. The summed E-state index contributed by atoms with van der Waals surface area (Å²) in [5.41, 5.74) is 0. The third-order valence-corrected chi connectivity index (χ3v) is 6.44. The van der Waals surface area contributed by atoms with Crippen molar-refractivity contribution in [3.63, 3.8) is 0 Å². The minimum absolute atomic E-state index is 0.336. The fraction of sp³-hybridized carbons (Fsp3) is 0.867. The van der Waals surface area contributed by atoms with E-state index in [1.807, 2.05) is 0 Å². The quantitative estimate of drug-likeness (QED) is 0.723. The molecule has 1 aromatic rings. The lowest BCUT2D eigenvalue weighted by atomic mass is 9.96. The van der Waals surface area contributed by atoms with E-state index < -0.39 is 0 Å². The number of hydrogen-bond donors (Lipinski definition) is 2. The average Bonchev–Trinajstić information content (AvgIpc) is 3.02. The highest BCUT2D eigenvalue weighted by Gasteiger charge is 2.17. The Morgan fingerprint density at radius 1 is 1.26 bits per heavy atom. The average molecular weight is 359 g/mol. The molecule has 1 unspecified atom stereocenters. The zero-order chi connectivity index (χ0) is 15.9. The van der Waals surface area contributed by atoms with Crippen LogP contribution in [-0.2, 0) is 4.74 Å². The highest BCUT2D eigenvalue weighted by molar-refractivity contribution is 8.01. The van der Waals surface area contributed by atoms with Gasteiger partial charge in [-0.15, -0.1) is 10.2 Å². The van der Waals surface area contributed by atoms with Gasteiger partial charge in [-0.25, -0.2) is 0 Å². The maximum Gasteiger partial charge on any atom is 0.206 e. The van der Waals surface area contributed by atoms with Crippen LogP contribution in [0.15, 0.2) is 4.34 Å². The van der Waals surface area contributed by atoms with E-state index in [9.17, 15) is 5.11 Å². The zero-order valence-corrected chi connectivity index (χ0v) is 15.1. The molecule has 8 heteroatoms. The molecule has 2 fully saturated rings. The first kappa shape index (κ1) is 17.4. The number of ether oxygens (including phenoxy) is 1. The first-order valence-corrected chi connectivity index (χ1v) is 10.3. The van der Waals surface area contributed by atoms with Crippen LogP contribution in [0.3, 0.4) is 0 Å². The molecule has 1 aliphatic heterocycles. The summed E-state index contributed by atoms with van der Waals surface area (Å²) in [6.45, 7) is 4.08. The topological polar surface area (TPSA) is 70.5 Å². The lowest BCUT2D eigenvalue weighted by Gasteiger charge is -2.28. The number of hydrogen-bond acceptors (Lipinski definition) is 8. The molecule has 0 amide bonds. The second kappa shape index (κ2) is 9.17. The highest BCUT2D eigenvalue weighted by Crippen LogP contribution is 2.28. The van der Waals surface area contributed by atoms with E-state index in [2.05, 4.69) is 20.4 Å². The van der Waals surface area contributed by atoms with E-state index in [4.69, 9.17) is 4.74 Å². The smallest absolute Gasteiger partial charge is 0.206 e. The van der Waals surface area contributed by atoms with Crippen LogP contribution in [0.4, 0.5) is 5.13 Å². The van der Waals surface area contributed by atoms with Gasteiger partial charge in [0, 0.05) is 31.4 Å². The van der Waals surface area contributed by atoms with Gasteiger partial charge < -0.3 is 15.2 Å². The van der Waals surface area contributed by atoms with Gasteiger partial charge in [-0.1, -0.05) is 42.4 Å². The maximum atomic E-state index is 10.2. The summed E-state index contributed by atoms with van der Waals surface area (Å²) in [6, 6.07) is 0.557. The number of aliphatic hydroxyl groups is 1. The lowest BCUT2D eigenvalue weighted by Crippen LogP contribution is -2.41. The van der Waals surface area contributed by atoms with Crippen LogP contribution >= 0.6 is 23.1 Å². The lowest BCUT2D eigenvalue weighted by molar-refractivity contribution is 0.0188. The van der Waals surface area contributed by atoms with Gasteiger partial charge in [-0.2, -0.15) is 0 Å². The van der Waals surface area contributed by atoms with Gasteiger partial charge in [0.05, 0.1) is 19.3 Å². The third-order valence-electron chi connectivity index (χ3n) is 4.31. The van der Waals surface area contributed by atoms with Crippen molar-refractivity contribution >= 4 is 28.2 Å². The molecule has 6 nitrogen and oxygen atoms in total. The molecule has 1 saturated carbocycles. The standard InChI is InChI=1S/C15H26N4O2S2/c20-13(10-19-6-8-21-9-7-19)11-22-15-18-17-14(23-15)16-12-4-2-1-3-5-12/h12-13,20H,1-11H2,(H,16,17).